The summed E-state index contributed by atoms with van der Waals surface area (Å²) in [5.74, 6) is 0.676. The van der Waals surface area contributed by atoms with Gasteiger partial charge in [0.15, 0.2) is 0 Å². The highest BCUT2D eigenvalue weighted by atomic mass is 16.5. The van der Waals surface area contributed by atoms with Crippen molar-refractivity contribution >= 4 is 0 Å². The molecule has 1 rings (SSSR count). The van der Waals surface area contributed by atoms with E-state index in [1.165, 1.54) is 0 Å². The second-order valence-electron chi connectivity index (χ2n) is 3.95. The maximum atomic E-state index is 5.70. The quantitative estimate of drug-likeness (QED) is 0.718. The molecule has 0 bridgehead atoms. The molecule has 78 valence electrons. The summed E-state index contributed by atoms with van der Waals surface area (Å²) in [4.78, 5) is 0. The first-order valence-electron chi connectivity index (χ1n) is 5.15. The fourth-order valence-electron chi connectivity index (χ4n) is 1.35. The predicted octanol–water partition coefficient (Wildman–Crippen LogP) is 1.17. The Bertz CT molecular complexity index is 133. The van der Waals surface area contributed by atoms with Crippen LogP contribution >= 0.6 is 0 Å². The van der Waals surface area contributed by atoms with Crippen molar-refractivity contribution in [2.75, 3.05) is 19.8 Å². The van der Waals surface area contributed by atoms with Gasteiger partial charge in [0.05, 0.1) is 6.10 Å². The minimum absolute atomic E-state index is 0.125. The molecule has 0 aromatic heterocycles. The molecule has 0 spiro atoms. The number of hydrogen-bond donors (Lipinski definition) is 1. The van der Waals surface area contributed by atoms with Crippen LogP contribution in [0.5, 0.6) is 0 Å². The fourth-order valence-corrected chi connectivity index (χ4v) is 1.35. The summed E-state index contributed by atoms with van der Waals surface area (Å²) in [7, 11) is 0. The Kier molecular flexibility index (Phi) is 4.70. The van der Waals surface area contributed by atoms with E-state index in [-0.39, 0.29) is 12.1 Å². The van der Waals surface area contributed by atoms with E-state index in [2.05, 4.69) is 0 Å². The van der Waals surface area contributed by atoms with Crippen LogP contribution in [-0.4, -0.2) is 32.0 Å². The highest BCUT2D eigenvalue weighted by molar-refractivity contribution is 4.66. The molecule has 1 aliphatic heterocycles. The molecular weight excluding hydrogens is 166 g/mol. The molecule has 3 heteroatoms. The van der Waals surface area contributed by atoms with E-state index in [0.29, 0.717) is 5.92 Å². The van der Waals surface area contributed by atoms with Crippen molar-refractivity contribution in [3.05, 3.63) is 0 Å². The Morgan fingerprint density at radius 3 is 2.54 bits per heavy atom. The third kappa shape index (κ3) is 4.07. The molecule has 0 saturated carbocycles. The number of ether oxygens (including phenoxy) is 2. The van der Waals surface area contributed by atoms with Crippen LogP contribution in [0.1, 0.15) is 26.7 Å². The number of rotatable bonds is 4. The van der Waals surface area contributed by atoms with E-state index in [1.807, 2.05) is 13.8 Å². The first-order chi connectivity index (χ1) is 6.20. The van der Waals surface area contributed by atoms with Crippen molar-refractivity contribution in [3.63, 3.8) is 0 Å². The molecule has 0 aliphatic carbocycles. The molecule has 1 heterocycles. The van der Waals surface area contributed by atoms with Crippen molar-refractivity contribution < 1.29 is 9.47 Å². The Labute approximate surface area is 80.6 Å². The molecule has 3 nitrogen and oxygen atoms in total. The van der Waals surface area contributed by atoms with Crippen LogP contribution in [-0.2, 0) is 9.47 Å². The van der Waals surface area contributed by atoms with Gasteiger partial charge in [-0.3, -0.25) is 0 Å². The highest BCUT2D eigenvalue weighted by Crippen LogP contribution is 2.15. The summed E-state index contributed by atoms with van der Waals surface area (Å²) >= 11 is 0. The topological polar surface area (TPSA) is 44.5 Å². The molecule has 0 aromatic rings. The van der Waals surface area contributed by atoms with Crippen molar-refractivity contribution in [1.29, 1.82) is 0 Å². The molecule has 1 saturated heterocycles. The van der Waals surface area contributed by atoms with E-state index < -0.39 is 0 Å². The second-order valence-corrected chi connectivity index (χ2v) is 3.95. The van der Waals surface area contributed by atoms with Gasteiger partial charge in [0.2, 0.25) is 0 Å². The number of hydrogen-bond acceptors (Lipinski definition) is 3. The average Bonchev–Trinajstić information content (AvgIpc) is 2.15. The highest BCUT2D eigenvalue weighted by Gasteiger charge is 2.16. The van der Waals surface area contributed by atoms with E-state index >= 15 is 0 Å². The van der Waals surface area contributed by atoms with Gasteiger partial charge < -0.3 is 15.2 Å². The van der Waals surface area contributed by atoms with Gasteiger partial charge in [0, 0.05) is 25.9 Å². The van der Waals surface area contributed by atoms with E-state index in [9.17, 15) is 0 Å². The maximum absolute atomic E-state index is 5.70. The van der Waals surface area contributed by atoms with Crippen molar-refractivity contribution in [3.8, 4) is 0 Å². The van der Waals surface area contributed by atoms with Crippen LogP contribution in [0.15, 0.2) is 0 Å². The molecule has 0 amide bonds. The van der Waals surface area contributed by atoms with Gasteiger partial charge in [-0.1, -0.05) is 0 Å². The largest absolute Gasteiger partial charge is 0.381 e. The Hall–Kier alpha value is -0.120. The van der Waals surface area contributed by atoms with E-state index in [4.69, 9.17) is 15.2 Å². The van der Waals surface area contributed by atoms with E-state index in [1.54, 1.807) is 0 Å². The normalized spacial score (nSPS) is 24.2. The van der Waals surface area contributed by atoms with Crippen molar-refractivity contribution in [2.45, 2.75) is 38.8 Å². The van der Waals surface area contributed by atoms with Gasteiger partial charge >= 0.3 is 0 Å². The van der Waals surface area contributed by atoms with Gasteiger partial charge in [-0.2, -0.15) is 0 Å². The van der Waals surface area contributed by atoms with Gasteiger partial charge in [0.1, 0.15) is 0 Å². The zero-order valence-corrected chi connectivity index (χ0v) is 8.66. The van der Waals surface area contributed by atoms with Crippen LogP contribution in [0, 0.1) is 5.92 Å². The molecule has 2 atom stereocenters. The summed E-state index contributed by atoms with van der Waals surface area (Å²) in [5.41, 5.74) is 5.70. The van der Waals surface area contributed by atoms with Gasteiger partial charge in [-0.15, -0.1) is 0 Å². The maximum Gasteiger partial charge on any atom is 0.0695 e. The molecular formula is C10H21NO2. The van der Waals surface area contributed by atoms with Crippen LogP contribution in [0.2, 0.25) is 0 Å². The van der Waals surface area contributed by atoms with Crippen LogP contribution in [0.3, 0.4) is 0 Å². The lowest BCUT2D eigenvalue weighted by Gasteiger charge is -2.24. The zero-order chi connectivity index (χ0) is 9.68. The summed E-state index contributed by atoms with van der Waals surface area (Å²) < 4.78 is 10.9. The van der Waals surface area contributed by atoms with Crippen LogP contribution in [0.4, 0.5) is 0 Å². The molecule has 0 radical (unpaired) electrons. The zero-order valence-electron chi connectivity index (χ0n) is 8.66. The summed E-state index contributed by atoms with van der Waals surface area (Å²) in [5, 5.41) is 0. The van der Waals surface area contributed by atoms with Crippen molar-refractivity contribution in [1.82, 2.24) is 0 Å². The summed E-state index contributed by atoms with van der Waals surface area (Å²) in [6, 6.07) is 0.125. The summed E-state index contributed by atoms with van der Waals surface area (Å²) in [6.07, 6.45) is 2.43. The average molecular weight is 187 g/mol. The molecule has 13 heavy (non-hydrogen) atoms. The molecule has 2 N–H and O–H groups in total. The fraction of sp³-hybridized carbons (Fsp3) is 1.00. The lowest BCUT2D eigenvalue weighted by atomic mass is 10.0. The first kappa shape index (κ1) is 11.0. The monoisotopic (exact) mass is 187 g/mol. The molecule has 0 aromatic carbocycles. The standard InChI is InChI=1S/C10H21NO2/c1-8(11)9(2)13-7-10-3-5-12-6-4-10/h8-10H,3-7,11H2,1-2H3/t8-,9?/m1/s1. The summed E-state index contributed by atoms with van der Waals surface area (Å²) in [6.45, 7) is 6.63. The Morgan fingerprint density at radius 1 is 1.38 bits per heavy atom. The van der Waals surface area contributed by atoms with Crippen molar-refractivity contribution in [2.24, 2.45) is 11.7 Å². The van der Waals surface area contributed by atoms with Crippen LogP contribution < -0.4 is 5.73 Å². The molecule has 1 unspecified atom stereocenters. The minimum Gasteiger partial charge on any atom is -0.381 e. The molecule has 1 aliphatic rings. The van der Waals surface area contributed by atoms with Gasteiger partial charge in [-0.05, 0) is 32.6 Å². The third-order valence-electron chi connectivity index (χ3n) is 2.68. The first-order valence-corrected chi connectivity index (χ1v) is 5.15. The van der Waals surface area contributed by atoms with Gasteiger partial charge in [-0.25, -0.2) is 0 Å². The van der Waals surface area contributed by atoms with Gasteiger partial charge in [0.25, 0.3) is 0 Å². The molecule has 1 fully saturated rings. The Morgan fingerprint density at radius 2 is 2.00 bits per heavy atom. The number of nitrogens with two attached hydrogens (primary N) is 1. The smallest absolute Gasteiger partial charge is 0.0695 e. The van der Waals surface area contributed by atoms with Crippen LogP contribution in [0.25, 0.3) is 0 Å². The van der Waals surface area contributed by atoms with E-state index in [0.717, 1.165) is 32.7 Å². The SMILES string of the molecule is CC(OCC1CCOCC1)[C@@H](C)N. The lowest BCUT2D eigenvalue weighted by Crippen LogP contribution is -2.33. The second kappa shape index (κ2) is 5.58. The minimum atomic E-state index is 0.125. The predicted molar refractivity (Wildman–Crippen MR) is 52.6 cm³/mol. The lowest BCUT2D eigenvalue weighted by molar-refractivity contribution is -0.0107. The Balaban J connectivity index is 2.10. The third-order valence-corrected chi connectivity index (χ3v) is 2.68.